The van der Waals surface area contributed by atoms with Gasteiger partial charge in [0.2, 0.25) is 5.91 Å². The van der Waals surface area contributed by atoms with E-state index in [0.29, 0.717) is 37.9 Å². The summed E-state index contributed by atoms with van der Waals surface area (Å²) in [6.45, 7) is 3.32. The van der Waals surface area contributed by atoms with E-state index in [9.17, 15) is 14.0 Å². The number of nitrogens with zero attached hydrogens (tertiary/aromatic N) is 3. The maximum absolute atomic E-state index is 14.2. The molecule has 1 saturated carbocycles. The number of carbonyl (C=O) groups is 2. The molecule has 0 radical (unpaired) electrons. The molecule has 1 aliphatic rings. The summed E-state index contributed by atoms with van der Waals surface area (Å²) in [6, 6.07) is 4.16. The second kappa shape index (κ2) is 9.30. The van der Waals surface area contributed by atoms with Crippen molar-refractivity contribution in [3.8, 4) is 5.75 Å². The molecule has 1 aliphatic carbocycles. The fraction of sp³-hybridized carbons (Fsp3) is 0.391. The Morgan fingerprint density at radius 2 is 2.03 bits per heavy atom. The number of aryl methyl sites for hydroxylation is 1. The lowest BCUT2D eigenvalue weighted by Crippen LogP contribution is -2.48. The molecule has 0 saturated heterocycles. The normalized spacial score (nSPS) is 18.2. The first-order valence-corrected chi connectivity index (χ1v) is 11.6. The van der Waals surface area contributed by atoms with Gasteiger partial charge in [-0.3, -0.25) is 9.59 Å². The average Bonchev–Trinajstić information content (AvgIpc) is 3.13. The minimum atomic E-state index is -0.523. The molecule has 8 nitrogen and oxygen atoms in total. The van der Waals surface area contributed by atoms with E-state index < -0.39 is 11.7 Å². The van der Waals surface area contributed by atoms with Crippen molar-refractivity contribution in [3.63, 3.8) is 0 Å². The minimum absolute atomic E-state index is 0.0327. The molecule has 2 heterocycles. The van der Waals surface area contributed by atoms with Crippen LogP contribution in [-0.4, -0.2) is 45.9 Å². The van der Waals surface area contributed by atoms with Gasteiger partial charge < -0.3 is 20.7 Å². The lowest BCUT2D eigenvalue weighted by Gasteiger charge is -2.37. The third-order valence-electron chi connectivity index (χ3n) is 6.09. The summed E-state index contributed by atoms with van der Waals surface area (Å²) in [4.78, 5) is 35.1. The highest BCUT2D eigenvalue weighted by atomic mass is 32.1. The van der Waals surface area contributed by atoms with Gasteiger partial charge in [-0.1, -0.05) is 6.42 Å². The standard InChI is InChI=1S/C23H26FN5O3S/c1-12-19-22(26-11-27-23(19)33-20(12)21(25)31)28-15-9-8-14(24)10-18(15)32-17-7-5-4-6-16(17)29(3)13(2)30/h8-11,16-17H,4-7H2,1-3H3,(H2,25,31)(H,26,27,28)/t16-,17-/m1/s1. The Labute approximate surface area is 195 Å². The highest BCUT2D eigenvalue weighted by Crippen LogP contribution is 2.37. The number of hydrogen-bond acceptors (Lipinski definition) is 7. The number of nitrogens with two attached hydrogens (primary N) is 1. The van der Waals surface area contributed by atoms with Crippen LogP contribution in [0.4, 0.5) is 15.9 Å². The lowest BCUT2D eigenvalue weighted by molar-refractivity contribution is -0.132. The number of aromatic nitrogens is 2. The van der Waals surface area contributed by atoms with Crippen molar-refractivity contribution in [1.82, 2.24) is 14.9 Å². The first-order valence-electron chi connectivity index (χ1n) is 10.8. The molecule has 2 amide bonds. The van der Waals surface area contributed by atoms with Crippen LogP contribution in [0.25, 0.3) is 10.2 Å². The number of ether oxygens (including phenoxy) is 1. The van der Waals surface area contributed by atoms with Crippen molar-refractivity contribution in [2.75, 3.05) is 12.4 Å². The van der Waals surface area contributed by atoms with Gasteiger partial charge in [0, 0.05) is 20.0 Å². The Balaban J connectivity index is 1.68. The van der Waals surface area contributed by atoms with E-state index in [-0.39, 0.29) is 18.1 Å². The van der Waals surface area contributed by atoms with Gasteiger partial charge in [0.05, 0.1) is 22.0 Å². The molecule has 10 heteroatoms. The van der Waals surface area contributed by atoms with Crippen LogP contribution in [0.15, 0.2) is 24.5 Å². The number of nitrogens with one attached hydrogen (secondary N) is 1. The van der Waals surface area contributed by atoms with Crippen LogP contribution in [0, 0.1) is 12.7 Å². The Hall–Kier alpha value is -3.27. The average molecular weight is 472 g/mol. The molecule has 1 fully saturated rings. The summed E-state index contributed by atoms with van der Waals surface area (Å²) in [5.41, 5.74) is 6.71. The van der Waals surface area contributed by atoms with Crippen molar-refractivity contribution in [2.24, 2.45) is 5.73 Å². The highest BCUT2D eigenvalue weighted by molar-refractivity contribution is 7.20. The molecule has 3 N–H and O–H groups in total. The third kappa shape index (κ3) is 4.61. The molecule has 2 atom stereocenters. The van der Waals surface area contributed by atoms with E-state index in [1.54, 1.807) is 24.9 Å². The molecule has 2 aromatic heterocycles. The van der Waals surface area contributed by atoms with Gasteiger partial charge in [0.1, 0.15) is 34.6 Å². The number of amides is 2. The summed E-state index contributed by atoms with van der Waals surface area (Å²) < 4.78 is 20.5. The van der Waals surface area contributed by atoms with Gasteiger partial charge in [-0.15, -0.1) is 11.3 Å². The zero-order valence-corrected chi connectivity index (χ0v) is 19.5. The Kier molecular flexibility index (Phi) is 6.46. The third-order valence-corrected chi connectivity index (χ3v) is 7.30. The fourth-order valence-corrected chi connectivity index (χ4v) is 5.28. The van der Waals surface area contributed by atoms with E-state index in [1.807, 2.05) is 0 Å². The number of rotatable bonds is 6. The van der Waals surface area contributed by atoms with Gasteiger partial charge in [-0.25, -0.2) is 14.4 Å². The fourth-order valence-electron chi connectivity index (χ4n) is 4.28. The van der Waals surface area contributed by atoms with Crippen molar-refractivity contribution in [1.29, 1.82) is 0 Å². The molecule has 33 heavy (non-hydrogen) atoms. The molecule has 174 valence electrons. The monoisotopic (exact) mass is 471 g/mol. The summed E-state index contributed by atoms with van der Waals surface area (Å²) in [7, 11) is 1.77. The quantitative estimate of drug-likeness (QED) is 0.559. The van der Waals surface area contributed by atoms with E-state index in [0.717, 1.165) is 25.7 Å². The Morgan fingerprint density at radius 1 is 1.27 bits per heavy atom. The van der Waals surface area contributed by atoms with E-state index in [2.05, 4.69) is 15.3 Å². The predicted octanol–water partition coefficient (Wildman–Crippen LogP) is 4.15. The zero-order chi connectivity index (χ0) is 23.7. The molecule has 1 aromatic carbocycles. The highest BCUT2D eigenvalue weighted by Gasteiger charge is 2.32. The molecule has 0 aliphatic heterocycles. The summed E-state index contributed by atoms with van der Waals surface area (Å²) >= 11 is 1.20. The summed E-state index contributed by atoms with van der Waals surface area (Å²) in [5, 5.41) is 3.90. The number of hydrogen-bond donors (Lipinski definition) is 2. The number of carbonyl (C=O) groups excluding carboxylic acids is 2. The Bertz CT molecular complexity index is 1210. The van der Waals surface area contributed by atoms with Crippen LogP contribution in [0.3, 0.4) is 0 Å². The van der Waals surface area contributed by atoms with Gasteiger partial charge in [0.15, 0.2) is 0 Å². The van der Waals surface area contributed by atoms with Crippen molar-refractivity contribution < 1.29 is 18.7 Å². The van der Waals surface area contributed by atoms with Gasteiger partial charge in [0.25, 0.3) is 5.91 Å². The smallest absolute Gasteiger partial charge is 0.259 e. The van der Waals surface area contributed by atoms with Crippen molar-refractivity contribution in [2.45, 2.75) is 51.7 Å². The molecule has 0 unspecified atom stereocenters. The van der Waals surface area contributed by atoms with Crippen LogP contribution < -0.4 is 15.8 Å². The number of anilines is 2. The predicted molar refractivity (Wildman–Crippen MR) is 125 cm³/mol. The minimum Gasteiger partial charge on any atom is -0.486 e. The van der Waals surface area contributed by atoms with E-state index in [1.165, 1.54) is 36.7 Å². The summed E-state index contributed by atoms with van der Waals surface area (Å²) in [5.74, 6) is -0.185. The second-order valence-corrected chi connectivity index (χ2v) is 9.23. The zero-order valence-electron chi connectivity index (χ0n) is 18.7. The van der Waals surface area contributed by atoms with Crippen LogP contribution in [-0.2, 0) is 4.79 Å². The van der Waals surface area contributed by atoms with Crippen LogP contribution >= 0.6 is 11.3 Å². The van der Waals surface area contributed by atoms with Gasteiger partial charge in [-0.05, 0) is 43.9 Å². The maximum atomic E-state index is 14.2. The first-order chi connectivity index (χ1) is 15.8. The number of benzene rings is 1. The summed E-state index contributed by atoms with van der Waals surface area (Å²) in [6.07, 6.45) is 4.71. The van der Waals surface area contributed by atoms with Crippen molar-refractivity contribution >= 4 is 44.9 Å². The van der Waals surface area contributed by atoms with E-state index in [4.69, 9.17) is 10.5 Å². The van der Waals surface area contributed by atoms with Crippen LogP contribution in [0.2, 0.25) is 0 Å². The van der Waals surface area contributed by atoms with Crippen molar-refractivity contribution in [3.05, 3.63) is 40.8 Å². The van der Waals surface area contributed by atoms with Crippen LogP contribution in [0.5, 0.6) is 5.75 Å². The number of fused-ring (bicyclic) bond motifs is 1. The molecule has 4 rings (SSSR count). The topological polar surface area (TPSA) is 110 Å². The van der Waals surface area contributed by atoms with E-state index >= 15 is 0 Å². The second-order valence-electron chi connectivity index (χ2n) is 8.23. The number of primary amides is 1. The number of likely N-dealkylation sites (N-methyl/N-ethyl adjacent to an activating group) is 1. The largest absolute Gasteiger partial charge is 0.486 e. The Morgan fingerprint density at radius 3 is 2.76 bits per heavy atom. The molecular weight excluding hydrogens is 445 g/mol. The lowest BCUT2D eigenvalue weighted by atomic mass is 9.91. The SMILES string of the molecule is CC(=O)N(C)[C@@H]1CCCC[C@H]1Oc1cc(F)ccc1Nc1ncnc2sc(C(N)=O)c(C)c12. The van der Waals surface area contributed by atoms with Gasteiger partial charge in [-0.2, -0.15) is 0 Å². The van der Waals surface area contributed by atoms with Crippen LogP contribution in [0.1, 0.15) is 47.8 Å². The first kappa shape index (κ1) is 22.9. The number of thiophene rings is 1. The van der Waals surface area contributed by atoms with Gasteiger partial charge >= 0.3 is 0 Å². The molecular formula is C23H26FN5O3S. The molecule has 3 aromatic rings. The maximum Gasteiger partial charge on any atom is 0.259 e. The number of halogens is 1. The molecule has 0 spiro atoms. The molecule has 0 bridgehead atoms.